The molecule has 0 aromatic rings. The molecule has 0 bridgehead atoms. The number of hydrogen-bond acceptors (Lipinski definition) is 20. The van der Waals surface area contributed by atoms with E-state index < -0.39 is 136 Å². The molecule has 5 aliphatic carbocycles. The molecule has 21 nitrogen and oxygen atoms in total. The minimum absolute atomic E-state index is 0.0398. The van der Waals surface area contributed by atoms with Crippen molar-refractivity contribution in [3.05, 3.63) is 11.6 Å². The third kappa shape index (κ3) is 11.0. The number of aliphatic hydroxyl groups is 8. The van der Waals surface area contributed by atoms with E-state index in [4.69, 9.17) is 56.1 Å². The number of carbonyl (C=O) groups is 1. The van der Waals surface area contributed by atoms with Gasteiger partial charge in [0, 0.05) is 25.0 Å². The number of rotatable bonds is 16. The van der Waals surface area contributed by atoms with Crippen LogP contribution < -0.4 is 28.3 Å². The lowest BCUT2D eigenvalue weighted by molar-refractivity contribution is -0.310. The van der Waals surface area contributed by atoms with Crippen LogP contribution in [0.15, 0.2) is 11.6 Å². The molecule has 0 aromatic heterocycles. The summed E-state index contributed by atoms with van der Waals surface area (Å²) < 4.78 is 41.7. The summed E-state index contributed by atoms with van der Waals surface area (Å²) >= 11 is 0. The molecule has 27 atom stereocenters. The minimum Gasteiger partial charge on any atom is -0.446 e. The number of aliphatic hydroxyl groups excluding tert-OH is 8. The van der Waals surface area contributed by atoms with Crippen molar-refractivity contribution in [2.24, 2.45) is 69.3 Å². The van der Waals surface area contributed by atoms with Gasteiger partial charge in [0.05, 0.1) is 31.4 Å². The highest BCUT2D eigenvalue weighted by Crippen LogP contribution is 2.67. The molecule has 21 heteroatoms. The number of nitrogens with one attached hydrogen (secondary N) is 1. The first-order valence-electron chi connectivity index (χ1n) is 27.0. The zero-order valence-corrected chi connectivity index (χ0v) is 42.8. The van der Waals surface area contributed by atoms with Crippen LogP contribution in [0.3, 0.4) is 0 Å². The number of amides is 1. The van der Waals surface area contributed by atoms with Gasteiger partial charge >= 0.3 is 6.09 Å². The van der Waals surface area contributed by atoms with Gasteiger partial charge in [0.2, 0.25) is 0 Å². The Kier molecular flexibility index (Phi) is 18.1. The van der Waals surface area contributed by atoms with Crippen LogP contribution in [0.1, 0.15) is 112 Å². The van der Waals surface area contributed by atoms with Gasteiger partial charge in [-0.3, -0.25) is 0 Å². The Morgan fingerprint density at radius 3 is 2.00 bits per heavy atom. The highest BCUT2D eigenvalue weighted by atomic mass is 16.8. The Hall–Kier alpha value is -1.71. The molecule has 4 saturated carbocycles. The van der Waals surface area contributed by atoms with Gasteiger partial charge in [0.25, 0.3) is 0 Å². The zero-order chi connectivity index (χ0) is 52.1. The first kappa shape index (κ1) is 56.5. The first-order valence-corrected chi connectivity index (χ1v) is 27.0. The van der Waals surface area contributed by atoms with Gasteiger partial charge < -0.3 is 102 Å². The zero-order valence-electron chi connectivity index (χ0n) is 42.8. The Labute approximate surface area is 423 Å². The van der Waals surface area contributed by atoms with E-state index in [1.165, 1.54) is 50.5 Å². The minimum atomic E-state index is -1.70. The van der Waals surface area contributed by atoms with Crippen LogP contribution in [0, 0.1) is 46.3 Å². The largest absolute Gasteiger partial charge is 0.446 e. The van der Waals surface area contributed by atoms with Gasteiger partial charge in [0.1, 0.15) is 73.2 Å². The molecular formula is C51H89N5O16. The Balaban J connectivity index is 0.847. The van der Waals surface area contributed by atoms with E-state index >= 15 is 0 Å². The quantitative estimate of drug-likeness (QED) is 0.0852. The number of nitrogens with two attached hydrogens (primary N) is 4. The number of carbonyl (C=O) groups excluding carboxylic acids is 1. The Bertz CT molecular complexity index is 1840. The van der Waals surface area contributed by atoms with Crippen LogP contribution in [-0.4, -0.2) is 189 Å². The lowest BCUT2D eigenvalue weighted by atomic mass is 9.47. The number of fused-ring (bicyclic) bond motifs is 5. The Morgan fingerprint density at radius 2 is 1.33 bits per heavy atom. The van der Waals surface area contributed by atoms with Crippen LogP contribution >= 0.6 is 0 Å². The molecule has 8 aliphatic rings. The van der Waals surface area contributed by atoms with Gasteiger partial charge in [-0.15, -0.1) is 0 Å². The fourth-order valence-corrected chi connectivity index (χ4v) is 14.8. The monoisotopic (exact) mass is 1030 g/mol. The molecule has 0 aromatic carbocycles. The van der Waals surface area contributed by atoms with Crippen LogP contribution in [0.25, 0.3) is 0 Å². The summed E-state index contributed by atoms with van der Waals surface area (Å²) in [5.41, 5.74) is 26.9. The fourth-order valence-electron chi connectivity index (χ4n) is 14.8. The van der Waals surface area contributed by atoms with Crippen LogP contribution in [0.2, 0.25) is 0 Å². The van der Waals surface area contributed by atoms with Gasteiger partial charge in [-0.2, -0.15) is 0 Å². The number of ether oxygens (including phenoxy) is 7. The molecule has 1 amide bonds. The average Bonchev–Trinajstić information content (AvgIpc) is 3.86. The molecule has 3 saturated heterocycles. The van der Waals surface area contributed by atoms with Crippen molar-refractivity contribution in [2.45, 2.75) is 234 Å². The molecule has 8 rings (SSSR count). The van der Waals surface area contributed by atoms with Crippen molar-refractivity contribution in [3.63, 3.8) is 0 Å². The van der Waals surface area contributed by atoms with E-state index in [0.29, 0.717) is 23.7 Å². The van der Waals surface area contributed by atoms with Crippen molar-refractivity contribution >= 4 is 6.09 Å². The number of alkyl carbamates (subject to hydrolysis) is 1. The standard InChI is InChI=1S/C51H89N5O16/c1-22(2)7-6-8-23(3)27-11-12-28-26-10-9-24-17-25(13-15-50(24,4)29(26)14-16-51(27,28)5)66-49(65)56-19-32-38(60)40(62)35(54)46(67-32)71-44-34(21-58)69-48(42(44)64)72-45-37(59)30(52)18-31(53)43(45)70-47-36(55)41(63)39(61)33(20-57)68-47/h9,22-23,25-48,57-64H,6-8,10-21,52-55H2,1-5H3,(H,56,65)/t23-,25?,26?,27?,28?,29?,30-,31?,32?,33?,34-,35-,36?,37?,38-,39+,40?,41-,42?,43+,44+,45-,46-,47+,48+,50+,51-/m1/s1. The molecule has 0 spiro atoms. The molecule has 3 heterocycles. The van der Waals surface area contributed by atoms with E-state index in [9.17, 15) is 45.6 Å². The van der Waals surface area contributed by atoms with E-state index in [2.05, 4.69) is 46.0 Å². The predicted octanol–water partition coefficient (Wildman–Crippen LogP) is -0.684. The highest BCUT2D eigenvalue weighted by molar-refractivity contribution is 5.67. The fraction of sp³-hybridized carbons (Fsp3) is 0.941. The van der Waals surface area contributed by atoms with Crippen molar-refractivity contribution < 1.29 is 78.8 Å². The van der Waals surface area contributed by atoms with Crippen molar-refractivity contribution in [3.8, 4) is 0 Å². The molecular weight excluding hydrogens is 939 g/mol. The third-order valence-corrected chi connectivity index (χ3v) is 19.1. The second kappa shape index (κ2) is 23.1. The molecule has 3 aliphatic heterocycles. The summed E-state index contributed by atoms with van der Waals surface area (Å²) in [6.45, 7) is 10.5. The SMILES string of the molecule is CC(C)CCC[C@@H](C)C1CCC2C3CC=C4CC(OC(=O)NCC5O[C@H](O[C@@H]6C(O)[C@H](O[C@@H]7C(O)[C@H](N)CC(N)[C@@H]7O[C@@H]7OC(CO)[C@H](O)[C@H](O)C7N)O[C@@H]6CO)[C@H](N)C(O)[C@@H]5O)CC[C@]4(C)C3CC[C@@]21C. The van der Waals surface area contributed by atoms with Crippen LogP contribution in [0.5, 0.6) is 0 Å². The average molecular weight is 1030 g/mol. The molecule has 17 N–H and O–H groups in total. The molecule has 0 radical (unpaired) electrons. The van der Waals surface area contributed by atoms with Gasteiger partial charge in [-0.05, 0) is 97.7 Å². The normalized spacial score (nSPS) is 49.9. The molecule has 414 valence electrons. The summed E-state index contributed by atoms with van der Waals surface area (Å²) in [7, 11) is 0. The maximum absolute atomic E-state index is 13.4. The summed E-state index contributed by atoms with van der Waals surface area (Å²) in [5, 5.41) is 88.5. The van der Waals surface area contributed by atoms with Crippen molar-refractivity contribution in [1.29, 1.82) is 0 Å². The van der Waals surface area contributed by atoms with E-state index in [1.807, 2.05) is 0 Å². The maximum Gasteiger partial charge on any atom is 0.407 e. The van der Waals surface area contributed by atoms with E-state index in [1.54, 1.807) is 0 Å². The van der Waals surface area contributed by atoms with E-state index in [0.717, 1.165) is 42.9 Å². The van der Waals surface area contributed by atoms with Crippen molar-refractivity contribution in [2.75, 3.05) is 19.8 Å². The first-order chi connectivity index (χ1) is 34.1. The van der Waals surface area contributed by atoms with Gasteiger partial charge in [-0.25, -0.2) is 4.79 Å². The molecule has 7 fully saturated rings. The van der Waals surface area contributed by atoms with Gasteiger partial charge in [0.15, 0.2) is 18.9 Å². The topological polar surface area (TPSA) is 360 Å². The second-order valence-corrected chi connectivity index (χ2v) is 23.9. The van der Waals surface area contributed by atoms with Gasteiger partial charge in [-0.1, -0.05) is 65.5 Å². The maximum atomic E-state index is 13.4. The Morgan fingerprint density at radius 1 is 0.708 bits per heavy atom. The molecule has 72 heavy (non-hydrogen) atoms. The van der Waals surface area contributed by atoms with Crippen LogP contribution in [-0.2, 0) is 33.2 Å². The lowest BCUT2D eigenvalue weighted by Crippen LogP contribution is -2.68. The lowest BCUT2D eigenvalue weighted by Gasteiger charge is -2.58. The smallest absolute Gasteiger partial charge is 0.407 e. The van der Waals surface area contributed by atoms with Crippen molar-refractivity contribution in [1.82, 2.24) is 5.32 Å². The second-order valence-electron chi connectivity index (χ2n) is 23.9. The third-order valence-electron chi connectivity index (χ3n) is 19.1. The highest BCUT2D eigenvalue weighted by Gasteiger charge is 2.60. The predicted molar refractivity (Wildman–Crippen MR) is 259 cm³/mol. The summed E-state index contributed by atoms with van der Waals surface area (Å²) in [4.78, 5) is 13.4. The van der Waals surface area contributed by atoms with E-state index in [-0.39, 0.29) is 24.5 Å². The summed E-state index contributed by atoms with van der Waals surface area (Å²) in [5.74, 6) is 4.34. The molecule has 12 unspecified atom stereocenters. The summed E-state index contributed by atoms with van der Waals surface area (Å²) in [6.07, 6.45) is -7.80. The van der Waals surface area contributed by atoms with Crippen LogP contribution in [0.4, 0.5) is 4.79 Å². The summed E-state index contributed by atoms with van der Waals surface area (Å²) in [6, 6.07) is -4.53. The number of allylic oxidation sites excluding steroid dienone is 1. The number of hydrogen-bond donors (Lipinski definition) is 13.